The Kier molecular flexibility index (Phi) is 3.82. The number of rotatable bonds is 2. The average molecular weight is 371 g/mol. The van der Waals surface area contributed by atoms with Gasteiger partial charge in [0.1, 0.15) is 6.33 Å². The zero-order valence-corrected chi connectivity index (χ0v) is 16.2. The van der Waals surface area contributed by atoms with Crippen molar-refractivity contribution in [3.05, 3.63) is 65.0 Å². The van der Waals surface area contributed by atoms with Gasteiger partial charge in [0, 0.05) is 66.0 Å². The third-order valence-corrected chi connectivity index (χ3v) is 5.66. The Labute approximate surface area is 163 Å². The van der Waals surface area contributed by atoms with E-state index in [2.05, 4.69) is 46.9 Å². The van der Waals surface area contributed by atoms with E-state index in [0.29, 0.717) is 0 Å². The molecule has 7 heteroatoms. The van der Waals surface area contributed by atoms with Crippen molar-refractivity contribution in [2.24, 2.45) is 0 Å². The molecule has 0 saturated heterocycles. The van der Waals surface area contributed by atoms with E-state index < -0.39 is 0 Å². The van der Waals surface area contributed by atoms with E-state index in [4.69, 9.17) is 10.1 Å². The predicted octanol–water partition coefficient (Wildman–Crippen LogP) is 3.07. The highest BCUT2D eigenvalue weighted by atomic mass is 15.4. The van der Waals surface area contributed by atoms with Crippen molar-refractivity contribution < 1.29 is 0 Å². The van der Waals surface area contributed by atoms with Crippen LogP contribution in [0.4, 0.5) is 5.82 Å². The molecule has 4 aromatic rings. The van der Waals surface area contributed by atoms with E-state index in [-0.39, 0.29) is 0 Å². The van der Waals surface area contributed by atoms with Crippen LogP contribution in [0.5, 0.6) is 0 Å². The van der Waals surface area contributed by atoms with Crippen LogP contribution in [0.1, 0.15) is 27.9 Å². The normalized spacial score (nSPS) is 13.8. The Hall–Kier alpha value is -3.35. The standard InChI is InChI=1S/C21H21N7/c1-13-4-6-22-10-18(13)16-8-17-11-27(7-5-19(17)23-9-16)21-15(3)14(2)20-25-24-12-28(20)26-21/h4,6,8-10,12H,5,7,11H2,1-3H3. The summed E-state index contributed by atoms with van der Waals surface area (Å²) in [6, 6.07) is 4.28. The number of aryl methyl sites for hydroxylation is 2. The summed E-state index contributed by atoms with van der Waals surface area (Å²) >= 11 is 0. The molecule has 7 nitrogen and oxygen atoms in total. The molecule has 0 radical (unpaired) electrons. The smallest absolute Gasteiger partial charge is 0.180 e. The second kappa shape index (κ2) is 6.37. The molecule has 0 aromatic carbocycles. The SMILES string of the molecule is Cc1ccncc1-c1cnc2c(c1)CN(c1nn3cnnc3c(C)c1C)CC2. The van der Waals surface area contributed by atoms with Crippen molar-refractivity contribution >= 4 is 11.5 Å². The van der Waals surface area contributed by atoms with E-state index in [9.17, 15) is 0 Å². The van der Waals surface area contributed by atoms with E-state index >= 15 is 0 Å². The van der Waals surface area contributed by atoms with Crippen LogP contribution in [0.25, 0.3) is 16.8 Å². The van der Waals surface area contributed by atoms with Gasteiger partial charge in [-0.15, -0.1) is 15.3 Å². The van der Waals surface area contributed by atoms with Crippen LogP contribution >= 0.6 is 0 Å². The lowest BCUT2D eigenvalue weighted by Crippen LogP contribution is -2.32. The van der Waals surface area contributed by atoms with E-state index in [1.54, 1.807) is 10.8 Å². The van der Waals surface area contributed by atoms with Gasteiger partial charge < -0.3 is 4.90 Å². The minimum atomic E-state index is 0.788. The Morgan fingerprint density at radius 1 is 1.07 bits per heavy atom. The highest BCUT2D eigenvalue weighted by molar-refractivity contribution is 5.67. The first-order valence-corrected chi connectivity index (χ1v) is 9.43. The first kappa shape index (κ1) is 16.8. The molecule has 0 amide bonds. The van der Waals surface area contributed by atoms with E-state index in [1.807, 2.05) is 24.7 Å². The Morgan fingerprint density at radius 2 is 1.96 bits per heavy atom. The van der Waals surface area contributed by atoms with Crippen molar-refractivity contribution in [3.63, 3.8) is 0 Å². The molecule has 0 aliphatic carbocycles. The van der Waals surface area contributed by atoms with Crippen LogP contribution in [0.3, 0.4) is 0 Å². The highest BCUT2D eigenvalue weighted by Gasteiger charge is 2.23. The van der Waals surface area contributed by atoms with Gasteiger partial charge in [-0.2, -0.15) is 4.52 Å². The topological polar surface area (TPSA) is 72.1 Å². The molecular formula is C21H21N7. The predicted molar refractivity (Wildman–Crippen MR) is 107 cm³/mol. The fraction of sp³-hybridized carbons (Fsp3) is 0.286. The van der Waals surface area contributed by atoms with Crippen LogP contribution in [-0.2, 0) is 13.0 Å². The minimum absolute atomic E-state index is 0.788. The van der Waals surface area contributed by atoms with Crippen molar-refractivity contribution in [1.29, 1.82) is 0 Å². The van der Waals surface area contributed by atoms with Crippen molar-refractivity contribution in [1.82, 2.24) is 29.8 Å². The summed E-state index contributed by atoms with van der Waals surface area (Å²) in [5.41, 5.74) is 8.94. The summed E-state index contributed by atoms with van der Waals surface area (Å²) in [5.74, 6) is 0.985. The average Bonchev–Trinajstić information content (AvgIpc) is 3.19. The maximum atomic E-state index is 4.77. The van der Waals surface area contributed by atoms with Crippen molar-refractivity contribution in [3.8, 4) is 11.1 Å². The lowest BCUT2D eigenvalue weighted by Gasteiger charge is -2.30. The molecule has 0 bridgehead atoms. The maximum absolute atomic E-state index is 4.77. The molecule has 140 valence electrons. The number of nitrogens with zero attached hydrogens (tertiary/aromatic N) is 7. The number of hydrogen-bond donors (Lipinski definition) is 0. The summed E-state index contributed by atoms with van der Waals surface area (Å²) in [6.07, 6.45) is 8.27. The molecule has 4 aromatic heterocycles. The first-order valence-electron chi connectivity index (χ1n) is 9.43. The second-order valence-corrected chi connectivity index (χ2v) is 7.36. The number of pyridine rings is 2. The first-order chi connectivity index (χ1) is 13.6. The monoisotopic (exact) mass is 371 g/mol. The van der Waals surface area contributed by atoms with Crippen molar-refractivity contribution in [2.75, 3.05) is 11.4 Å². The van der Waals surface area contributed by atoms with Gasteiger partial charge in [-0.3, -0.25) is 9.97 Å². The van der Waals surface area contributed by atoms with Gasteiger partial charge in [0.15, 0.2) is 11.5 Å². The third-order valence-electron chi connectivity index (χ3n) is 5.66. The Bertz CT molecular complexity index is 1190. The van der Waals surface area contributed by atoms with E-state index in [0.717, 1.165) is 53.2 Å². The zero-order valence-electron chi connectivity index (χ0n) is 16.2. The van der Waals surface area contributed by atoms with Crippen LogP contribution in [-0.4, -0.2) is 36.3 Å². The lowest BCUT2D eigenvalue weighted by molar-refractivity contribution is 0.688. The Balaban J connectivity index is 1.54. The molecule has 0 N–H and O–H groups in total. The third kappa shape index (κ3) is 2.62. The lowest BCUT2D eigenvalue weighted by atomic mass is 9.98. The van der Waals surface area contributed by atoms with Crippen LogP contribution < -0.4 is 4.90 Å². The number of fused-ring (bicyclic) bond motifs is 2. The summed E-state index contributed by atoms with van der Waals surface area (Å²) in [6.45, 7) is 7.97. The summed E-state index contributed by atoms with van der Waals surface area (Å²) in [4.78, 5) is 11.4. The van der Waals surface area contributed by atoms with Crippen LogP contribution in [0, 0.1) is 20.8 Å². The summed E-state index contributed by atoms with van der Waals surface area (Å²) < 4.78 is 1.76. The number of hydrogen-bond acceptors (Lipinski definition) is 6. The number of aromatic nitrogens is 6. The molecule has 0 atom stereocenters. The van der Waals surface area contributed by atoms with Gasteiger partial charge in [0.25, 0.3) is 0 Å². The quantitative estimate of drug-likeness (QED) is 0.539. The van der Waals surface area contributed by atoms with Gasteiger partial charge in [0.2, 0.25) is 0 Å². The van der Waals surface area contributed by atoms with Gasteiger partial charge in [-0.05, 0) is 44.0 Å². The summed E-state index contributed by atoms with van der Waals surface area (Å²) in [7, 11) is 0. The Morgan fingerprint density at radius 3 is 2.82 bits per heavy atom. The van der Waals surface area contributed by atoms with Crippen molar-refractivity contribution in [2.45, 2.75) is 33.7 Å². The summed E-state index contributed by atoms with van der Waals surface area (Å²) in [5, 5.41) is 12.9. The van der Waals surface area contributed by atoms with Gasteiger partial charge in [-0.25, -0.2) is 0 Å². The minimum Gasteiger partial charge on any atom is -0.350 e. The van der Waals surface area contributed by atoms with Gasteiger partial charge in [-0.1, -0.05) is 0 Å². The molecule has 5 heterocycles. The second-order valence-electron chi connectivity index (χ2n) is 7.36. The van der Waals surface area contributed by atoms with Gasteiger partial charge >= 0.3 is 0 Å². The highest BCUT2D eigenvalue weighted by Crippen LogP contribution is 2.30. The molecule has 0 saturated carbocycles. The molecule has 1 aliphatic heterocycles. The zero-order chi connectivity index (χ0) is 19.3. The molecule has 5 rings (SSSR count). The molecular weight excluding hydrogens is 350 g/mol. The fourth-order valence-corrected chi connectivity index (χ4v) is 3.88. The molecule has 0 spiro atoms. The molecule has 28 heavy (non-hydrogen) atoms. The fourth-order valence-electron chi connectivity index (χ4n) is 3.88. The largest absolute Gasteiger partial charge is 0.350 e. The van der Waals surface area contributed by atoms with Crippen LogP contribution in [0.2, 0.25) is 0 Å². The maximum Gasteiger partial charge on any atom is 0.180 e. The molecule has 0 fully saturated rings. The van der Waals surface area contributed by atoms with E-state index in [1.165, 1.54) is 16.8 Å². The van der Waals surface area contributed by atoms with Gasteiger partial charge in [0.05, 0.1) is 0 Å². The van der Waals surface area contributed by atoms with Crippen LogP contribution in [0.15, 0.2) is 37.1 Å². The molecule has 1 aliphatic rings. The molecule has 0 unspecified atom stereocenters. The number of anilines is 1.